The smallest absolute Gasteiger partial charge is 0.125 e. The first-order valence-corrected chi connectivity index (χ1v) is 6.25. The van der Waals surface area contributed by atoms with Crippen LogP contribution in [0, 0.1) is 0 Å². The summed E-state index contributed by atoms with van der Waals surface area (Å²) in [6, 6.07) is 14.1. The van der Waals surface area contributed by atoms with E-state index in [1.165, 1.54) is 16.5 Å². The van der Waals surface area contributed by atoms with E-state index < -0.39 is 0 Å². The number of hydrogen-bond acceptors (Lipinski definition) is 1. The van der Waals surface area contributed by atoms with Gasteiger partial charge in [-0.15, -0.1) is 0 Å². The van der Waals surface area contributed by atoms with Crippen molar-refractivity contribution in [3.63, 3.8) is 0 Å². The molecule has 18 heavy (non-hydrogen) atoms. The Balaban J connectivity index is 2.12. The second kappa shape index (κ2) is 3.39. The van der Waals surface area contributed by atoms with Gasteiger partial charge >= 0.3 is 0 Å². The van der Waals surface area contributed by atoms with E-state index in [1.807, 2.05) is 12.1 Å². The molecular weight excluding hydrogens is 222 g/mol. The number of aryl methyl sites for hydroxylation is 2. The molecule has 0 saturated heterocycles. The quantitative estimate of drug-likeness (QED) is 0.613. The lowest BCUT2D eigenvalue weighted by Gasteiger charge is -2.17. The number of rotatable bonds is 0. The summed E-state index contributed by atoms with van der Waals surface area (Å²) in [5.74, 6) is 0.375. The van der Waals surface area contributed by atoms with Gasteiger partial charge in [-0.25, -0.2) is 0 Å². The average Bonchev–Trinajstić information content (AvgIpc) is 2.77. The highest BCUT2D eigenvalue weighted by Crippen LogP contribution is 2.41. The van der Waals surface area contributed by atoms with Gasteiger partial charge in [0.05, 0.1) is 5.69 Å². The number of para-hydroxylation sites is 1. The highest BCUT2D eigenvalue weighted by atomic mass is 16.3. The molecule has 1 heterocycles. The van der Waals surface area contributed by atoms with Crippen LogP contribution in [0.2, 0.25) is 0 Å². The molecule has 0 bridgehead atoms. The molecule has 0 atom stereocenters. The monoisotopic (exact) mass is 235 g/mol. The minimum atomic E-state index is 0.375. The van der Waals surface area contributed by atoms with Crippen molar-refractivity contribution in [1.82, 2.24) is 4.98 Å². The summed E-state index contributed by atoms with van der Waals surface area (Å²) in [7, 11) is 0. The lowest BCUT2D eigenvalue weighted by molar-refractivity contribution is 0.476. The lowest BCUT2D eigenvalue weighted by atomic mass is 9.88. The van der Waals surface area contributed by atoms with Gasteiger partial charge in [0.2, 0.25) is 0 Å². The van der Waals surface area contributed by atoms with E-state index in [0.717, 1.165) is 29.6 Å². The molecule has 1 aromatic heterocycles. The molecule has 2 nitrogen and oxygen atoms in total. The van der Waals surface area contributed by atoms with Crippen molar-refractivity contribution in [2.75, 3.05) is 0 Å². The molecule has 88 valence electrons. The largest absolute Gasteiger partial charge is 0.507 e. The molecule has 0 amide bonds. The normalized spacial score (nSPS) is 13.3. The average molecular weight is 235 g/mol. The van der Waals surface area contributed by atoms with Crippen molar-refractivity contribution < 1.29 is 5.11 Å². The second-order valence-corrected chi connectivity index (χ2v) is 4.84. The maximum Gasteiger partial charge on any atom is 0.125 e. The van der Waals surface area contributed by atoms with Gasteiger partial charge in [-0.05, 0) is 36.1 Å². The summed E-state index contributed by atoms with van der Waals surface area (Å²) in [5, 5.41) is 11.4. The first-order valence-electron chi connectivity index (χ1n) is 6.25. The molecule has 4 rings (SSSR count). The van der Waals surface area contributed by atoms with E-state index in [2.05, 4.69) is 29.2 Å². The number of nitrogens with one attached hydrogen (secondary N) is 1. The van der Waals surface area contributed by atoms with E-state index >= 15 is 0 Å². The Hall–Kier alpha value is -2.22. The molecule has 0 spiro atoms. The maximum absolute atomic E-state index is 10.1. The van der Waals surface area contributed by atoms with E-state index in [0.29, 0.717) is 5.75 Å². The van der Waals surface area contributed by atoms with E-state index in [4.69, 9.17) is 0 Å². The van der Waals surface area contributed by atoms with Crippen LogP contribution in [0.15, 0.2) is 42.5 Å². The predicted molar refractivity (Wildman–Crippen MR) is 72.8 cm³/mol. The van der Waals surface area contributed by atoms with Crippen LogP contribution in [0.4, 0.5) is 0 Å². The van der Waals surface area contributed by atoms with Crippen LogP contribution in [-0.4, -0.2) is 10.1 Å². The fourth-order valence-corrected chi connectivity index (χ4v) is 3.02. The van der Waals surface area contributed by atoms with Crippen molar-refractivity contribution in [1.29, 1.82) is 0 Å². The van der Waals surface area contributed by atoms with Crippen LogP contribution in [-0.2, 0) is 12.8 Å². The van der Waals surface area contributed by atoms with E-state index in [1.54, 1.807) is 6.07 Å². The Kier molecular flexibility index (Phi) is 1.84. The molecule has 1 aliphatic carbocycles. The van der Waals surface area contributed by atoms with Gasteiger partial charge in [-0.2, -0.15) is 0 Å². The van der Waals surface area contributed by atoms with Gasteiger partial charge in [0, 0.05) is 16.5 Å². The van der Waals surface area contributed by atoms with Crippen molar-refractivity contribution in [2.45, 2.75) is 12.8 Å². The van der Waals surface area contributed by atoms with Crippen molar-refractivity contribution in [2.24, 2.45) is 0 Å². The third kappa shape index (κ3) is 1.17. The van der Waals surface area contributed by atoms with Crippen LogP contribution >= 0.6 is 0 Å². The summed E-state index contributed by atoms with van der Waals surface area (Å²) in [5.41, 5.74) is 5.79. The standard InChI is InChI=1S/C16H13NO/c18-14-7-3-4-10-8-9-12-11-5-1-2-6-13(11)17-16(12)15(10)14/h1-7,17-18H,8-9H2. The Morgan fingerprint density at radius 3 is 2.78 bits per heavy atom. The molecule has 0 aliphatic heterocycles. The van der Waals surface area contributed by atoms with Gasteiger partial charge in [0.15, 0.2) is 0 Å². The molecule has 0 fully saturated rings. The minimum absolute atomic E-state index is 0.375. The Labute approximate surface area is 105 Å². The van der Waals surface area contributed by atoms with Gasteiger partial charge < -0.3 is 10.1 Å². The molecule has 2 heteroatoms. The highest BCUT2D eigenvalue weighted by Gasteiger charge is 2.22. The molecular formula is C16H13NO. The van der Waals surface area contributed by atoms with Gasteiger partial charge in [-0.3, -0.25) is 0 Å². The molecule has 3 aromatic rings. The Bertz CT molecular complexity index is 755. The van der Waals surface area contributed by atoms with Crippen LogP contribution in [0.3, 0.4) is 0 Å². The molecule has 2 aromatic carbocycles. The van der Waals surface area contributed by atoms with Crippen LogP contribution < -0.4 is 0 Å². The third-order valence-electron chi connectivity index (χ3n) is 3.84. The SMILES string of the molecule is Oc1cccc2c1-c1[nH]c3ccccc3c1CC2. The zero-order chi connectivity index (χ0) is 12.1. The van der Waals surface area contributed by atoms with Crippen molar-refractivity contribution in [3.8, 4) is 17.0 Å². The zero-order valence-corrected chi connectivity index (χ0v) is 9.90. The minimum Gasteiger partial charge on any atom is -0.507 e. The lowest BCUT2D eigenvalue weighted by Crippen LogP contribution is -2.02. The Morgan fingerprint density at radius 1 is 0.944 bits per heavy atom. The summed E-state index contributed by atoms with van der Waals surface area (Å²) >= 11 is 0. The van der Waals surface area contributed by atoms with Gasteiger partial charge in [0.25, 0.3) is 0 Å². The summed E-state index contributed by atoms with van der Waals surface area (Å²) in [6.07, 6.45) is 2.04. The first kappa shape index (κ1) is 9.77. The molecule has 0 unspecified atom stereocenters. The zero-order valence-electron chi connectivity index (χ0n) is 9.90. The van der Waals surface area contributed by atoms with Crippen molar-refractivity contribution in [3.05, 3.63) is 53.6 Å². The summed E-state index contributed by atoms with van der Waals surface area (Å²) in [4.78, 5) is 3.45. The van der Waals surface area contributed by atoms with Crippen LogP contribution in [0.5, 0.6) is 5.75 Å². The number of aromatic hydroxyl groups is 1. The summed E-state index contributed by atoms with van der Waals surface area (Å²) < 4.78 is 0. The predicted octanol–water partition coefficient (Wildman–Crippen LogP) is 3.64. The molecule has 0 radical (unpaired) electrons. The molecule has 1 aliphatic rings. The Morgan fingerprint density at radius 2 is 1.83 bits per heavy atom. The number of phenols is 1. The number of aromatic amines is 1. The summed E-state index contributed by atoms with van der Waals surface area (Å²) in [6.45, 7) is 0. The van der Waals surface area contributed by atoms with E-state index in [-0.39, 0.29) is 0 Å². The van der Waals surface area contributed by atoms with Gasteiger partial charge in [0.1, 0.15) is 5.75 Å². The number of hydrogen-bond donors (Lipinski definition) is 2. The van der Waals surface area contributed by atoms with Crippen LogP contribution in [0.25, 0.3) is 22.2 Å². The topological polar surface area (TPSA) is 36.0 Å². The number of phenolic OH excluding ortho intramolecular Hbond substituents is 1. The second-order valence-electron chi connectivity index (χ2n) is 4.84. The fourth-order valence-electron chi connectivity index (χ4n) is 3.02. The first-order chi connectivity index (χ1) is 8.84. The molecule has 0 saturated carbocycles. The number of H-pyrrole nitrogens is 1. The third-order valence-corrected chi connectivity index (χ3v) is 3.84. The number of benzene rings is 2. The van der Waals surface area contributed by atoms with E-state index in [9.17, 15) is 5.11 Å². The van der Waals surface area contributed by atoms with Gasteiger partial charge in [-0.1, -0.05) is 30.3 Å². The number of fused-ring (bicyclic) bond motifs is 5. The highest BCUT2D eigenvalue weighted by molar-refractivity contribution is 5.93. The fraction of sp³-hybridized carbons (Fsp3) is 0.125. The molecule has 2 N–H and O–H groups in total. The van der Waals surface area contributed by atoms with Crippen LogP contribution in [0.1, 0.15) is 11.1 Å². The maximum atomic E-state index is 10.1. The number of aromatic nitrogens is 1. The van der Waals surface area contributed by atoms with Crippen molar-refractivity contribution >= 4 is 10.9 Å².